The van der Waals surface area contributed by atoms with E-state index in [-0.39, 0.29) is 0 Å². The lowest BCUT2D eigenvalue weighted by Gasteiger charge is -2.47. The summed E-state index contributed by atoms with van der Waals surface area (Å²) in [6, 6.07) is 2.74. The molecule has 2 saturated heterocycles. The molecule has 7 nitrogen and oxygen atoms in total. The van der Waals surface area contributed by atoms with E-state index < -0.39 is 11.7 Å². The first-order valence-corrected chi connectivity index (χ1v) is 9.88. The molecule has 2 aliphatic heterocycles. The molecule has 0 aliphatic carbocycles. The van der Waals surface area contributed by atoms with Gasteiger partial charge in [0.15, 0.2) is 0 Å². The molecule has 0 spiro atoms. The van der Waals surface area contributed by atoms with Crippen LogP contribution in [-0.2, 0) is 9.47 Å². The number of hydrogen-bond acceptors (Lipinski definition) is 6. The predicted molar refractivity (Wildman–Crippen MR) is 107 cm³/mol. The van der Waals surface area contributed by atoms with Gasteiger partial charge in [0.2, 0.25) is 0 Å². The summed E-state index contributed by atoms with van der Waals surface area (Å²) in [7, 11) is 0. The number of ether oxygens (including phenoxy) is 2. The number of rotatable bonds is 4. The lowest BCUT2D eigenvalue weighted by molar-refractivity contribution is -0.0698. The molecule has 2 aliphatic rings. The first kappa shape index (κ1) is 20.2. The lowest BCUT2D eigenvalue weighted by atomic mass is 10.1. The second-order valence-corrected chi connectivity index (χ2v) is 8.50. The molecule has 0 aromatic carbocycles. The van der Waals surface area contributed by atoms with Crippen molar-refractivity contribution in [3.05, 3.63) is 17.3 Å². The Kier molecular flexibility index (Phi) is 6.13. The van der Waals surface area contributed by atoms with Crippen molar-refractivity contribution in [1.82, 2.24) is 9.88 Å². The highest BCUT2D eigenvalue weighted by atomic mass is 35.5. The molecule has 2 fully saturated rings. The van der Waals surface area contributed by atoms with Crippen LogP contribution in [0.5, 0.6) is 0 Å². The number of amides is 1. The molecule has 3 rings (SSSR count). The summed E-state index contributed by atoms with van der Waals surface area (Å²) in [5.41, 5.74) is -0.0537. The van der Waals surface area contributed by atoms with Gasteiger partial charge in [-0.3, -0.25) is 10.2 Å². The van der Waals surface area contributed by atoms with Gasteiger partial charge in [0.1, 0.15) is 11.4 Å². The number of carbonyl (C=O) groups excluding carboxylic acids is 1. The lowest BCUT2D eigenvalue weighted by Crippen LogP contribution is -2.60. The summed E-state index contributed by atoms with van der Waals surface area (Å²) in [6.07, 6.45) is 2.08. The van der Waals surface area contributed by atoms with Gasteiger partial charge in [-0.05, 0) is 27.2 Å². The third-order valence-corrected chi connectivity index (χ3v) is 5.19. The van der Waals surface area contributed by atoms with E-state index in [0.29, 0.717) is 22.8 Å². The van der Waals surface area contributed by atoms with Crippen LogP contribution in [0.25, 0.3) is 0 Å². The molecule has 8 heteroatoms. The van der Waals surface area contributed by atoms with Crippen LogP contribution in [-0.4, -0.2) is 66.5 Å². The predicted octanol–water partition coefficient (Wildman–Crippen LogP) is 3.38. The van der Waals surface area contributed by atoms with Crippen molar-refractivity contribution < 1.29 is 14.3 Å². The van der Waals surface area contributed by atoms with Crippen LogP contribution in [0.3, 0.4) is 0 Å². The third kappa shape index (κ3) is 5.03. The van der Waals surface area contributed by atoms with Crippen molar-refractivity contribution in [2.45, 2.75) is 51.8 Å². The molecule has 1 N–H and O–H groups in total. The number of hydrogen-bond donors (Lipinski definition) is 1. The van der Waals surface area contributed by atoms with Gasteiger partial charge >= 0.3 is 6.09 Å². The zero-order valence-corrected chi connectivity index (χ0v) is 17.3. The normalized spacial score (nSPS) is 21.7. The molecule has 1 amide bonds. The Morgan fingerprint density at radius 3 is 2.74 bits per heavy atom. The molecule has 3 heterocycles. The SMILES string of the molecule is CC[C@H]1CN(C2COC2)CCN1c1cc(NC(=O)OC(C)(C)C)c(Cl)cn1. The Hall–Kier alpha value is -1.57. The molecular weight excluding hydrogens is 368 g/mol. The zero-order chi connectivity index (χ0) is 19.6. The first-order chi connectivity index (χ1) is 12.8. The van der Waals surface area contributed by atoms with Crippen LogP contribution in [0.4, 0.5) is 16.3 Å². The number of aromatic nitrogens is 1. The second kappa shape index (κ2) is 8.20. The number of piperazine rings is 1. The van der Waals surface area contributed by atoms with E-state index in [2.05, 4.69) is 27.0 Å². The van der Waals surface area contributed by atoms with Gasteiger partial charge < -0.3 is 14.4 Å². The smallest absolute Gasteiger partial charge is 0.412 e. The van der Waals surface area contributed by atoms with E-state index in [1.54, 1.807) is 6.20 Å². The fraction of sp³-hybridized carbons (Fsp3) is 0.684. The quantitative estimate of drug-likeness (QED) is 0.841. The van der Waals surface area contributed by atoms with Crippen LogP contribution < -0.4 is 10.2 Å². The fourth-order valence-electron chi connectivity index (χ4n) is 3.39. The number of nitrogens with one attached hydrogen (secondary N) is 1. The minimum Gasteiger partial charge on any atom is -0.444 e. The highest BCUT2D eigenvalue weighted by molar-refractivity contribution is 6.33. The van der Waals surface area contributed by atoms with Crippen molar-refractivity contribution in [2.24, 2.45) is 0 Å². The minimum atomic E-state index is -0.568. The molecule has 0 bridgehead atoms. The van der Waals surface area contributed by atoms with E-state index in [0.717, 1.165) is 45.1 Å². The second-order valence-electron chi connectivity index (χ2n) is 8.09. The molecule has 0 saturated carbocycles. The van der Waals surface area contributed by atoms with Gasteiger partial charge in [-0.1, -0.05) is 18.5 Å². The van der Waals surface area contributed by atoms with E-state index in [1.807, 2.05) is 26.8 Å². The fourth-order valence-corrected chi connectivity index (χ4v) is 3.54. The Morgan fingerprint density at radius 1 is 1.41 bits per heavy atom. The van der Waals surface area contributed by atoms with Gasteiger partial charge in [0.25, 0.3) is 0 Å². The highest BCUT2D eigenvalue weighted by Gasteiger charge is 2.33. The van der Waals surface area contributed by atoms with Gasteiger partial charge in [-0.2, -0.15) is 0 Å². The van der Waals surface area contributed by atoms with Gasteiger partial charge in [0.05, 0.1) is 36.2 Å². The van der Waals surface area contributed by atoms with Crippen LogP contribution >= 0.6 is 11.6 Å². The maximum atomic E-state index is 12.1. The number of nitrogens with zero attached hydrogens (tertiary/aromatic N) is 3. The molecule has 150 valence electrons. The molecular formula is C19H29ClN4O3. The van der Waals surface area contributed by atoms with Crippen LogP contribution in [0.1, 0.15) is 34.1 Å². The van der Waals surface area contributed by atoms with E-state index in [9.17, 15) is 4.79 Å². The number of halogens is 1. The molecule has 1 atom stereocenters. The average molecular weight is 397 g/mol. The van der Waals surface area contributed by atoms with Crippen LogP contribution in [0.15, 0.2) is 12.3 Å². The molecule has 0 unspecified atom stereocenters. The Morgan fingerprint density at radius 2 is 2.15 bits per heavy atom. The van der Waals surface area contributed by atoms with Gasteiger partial charge in [-0.15, -0.1) is 0 Å². The minimum absolute atomic E-state index is 0.363. The van der Waals surface area contributed by atoms with Crippen LogP contribution in [0.2, 0.25) is 5.02 Å². The number of pyridine rings is 1. The monoisotopic (exact) mass is 396 g/mol. The summed E-state index contributed by atoms with van der Waals surface area (Å²) in [5.74, 6) is 0.821. The van der Waals surface area contributed by atoms with Gasteiger partial charge in [-0.25, -0.2) is 9.78 Å². The number of carbonyl (C=O) groups is 1. The van der Waals surface area contributed by atoms with Crippen molar-refractivity contribution in [2.75, 3.05) is 43.1 Å². The highest BCUT2D eigenvalue weighted by Crippen LogP contribution is 2.29. The maximum absolute atomic E-state index is 12.1. The zero-order valence-electron chi connectivity index (χ0n) is 16.5. The number of anilines is 2. The Labute approximate surface area is 166 Å². The van der Waals surface area contributed by atoms with Crippen molar-refractivity contribution >= 4 is 29.2 Å². The standard InChI is InChI=1S/C19H29ClN4O3/c1-5-13-10-23(14-11-26-12-14)6-7-24(13)17-8-16(15(20)9-21-17)22-18(25)27-19(2,3)4/h8-9,13-14H,5-7,10-12H2,1-4H3,(H,21,22,25)/t13-/m0/s1. The maximum Gasteiger partial charge on any atom is 0.412 e. The summed E-state index contributed by atoms with van der Waals surface area (Å²) in [6.45, 7) is 12.2. The summed E-state index contributed by atoms with van der Waals surface area (Å²) < 4.78 is 10.7. The summed E-state index contributed by atoms with van der Waals surface area (Å²) in [4.78, 5) is 21.4. The first-order valence-electron chi connectivity index (χ1n) is 9.51. The topological polar surface area (TPSA) is 66.9 Å². The van der Waals surface area contributed by atoms with Crippen molar-refractivity contribution in [1.29, 1.82) is 0 Å². The van der Waals surface area contributed by atoms with E-state index in [1.165, 1.54) is 0 Å². The van der Waals surface area contributed by atoms with Gasteiger partial charge in [0, 0.05) is 31.7 Å². The summed E-state index contributed by atoms with van der Waals surface area (Å²) >= 11 is 6.24. The third-order valence-electron chi connectivity index (χ3n) is 4.89. The van der Waals surface area contributed by atoms with Crippen molar-refractivity contribution in [3.63, 3.8) is 0 Å². The van der Waals surface area contributed by atoms with Crippen molar-refractivity contribution in [3.8, 4) is 0 Å². The molecule has 27 heavy (non-hydrogen) atoms. The molecule has 0 radical (unpaired) electrons. The van der Waals surface area contributed by atoms with E-state index in [4.69, 9.17) is 21.1 Å². The average Bonchev–Trinajstić information content (AvgIpc) is 2.53. The van der Waals surface area contributed by atoms with E-state index >= 15 is 0 Å². The molecule has 1 aromatic rings. The Balaban J connectivity index is 1.71. The van der Waals surface area contributed by atoms with Crippen LogP contribution in [0, 0.1) is 0 Å². The summed E-state index contributed by atoms with van der Waals surface area (Å²) in [5, 5.41) is 3.13. The Bertz CT molecular complexity index is 675. The molecule has 1 aromatic heterocycles. The largest absolute Gasteiger partial charge is 0.444 e.